The van der Waals surface area contributed by atoms with Crippen molar-refractivity contribution in [3.05, 3.63) is 46.4 Å². The maximum atomic E-state index is 12.2. The van der Waals surface area contributed by atoms with Crippen LogP contribution in [-0.4, -0.2) is 57.8 Å². The monoisotopic (exact) mass is 463 g/mol. The molecule has 0 aliphatic carbocycles. The molecule has 156 valence electrons. The summed E-state index contributed by atoms with van der Waals surface area (Å²) in [4.78, 5) is 16.5. The number of hydrogen-bond donors (Lipinski definition) is 1. The molecule has 1 amide bonds. The smallest absolute Gasteiger partial charge is 0.236 e. The molecule has 0 saturated carbocycles. The third-order valence-electron chi connectivity index (χ3n) is 5.11. The molecule has 1 aliphatic heterocycles. The average Bonchev–Trinajstić information content (AvgIpc) is 2.73. The molecule has 2 aromatic rings. The summed E-state index contributed by atoms with van der Waals surface area (Å²) in [6.45, 7) is 2.60. The Morgan fingerprint density at radius 3 is 2.48 bits per heavy atom. The van der Waals surface area contributed by atoms with Crippen LogP contribution in [0.15, 0.2) is 40.9 Å². The molecule has 1 heterocycles. The summed E-state index contributed by atoms with van der Waals surface area (Å²) in [5, 5.41) is 0. The SMILES string of the molecule is COc1cc(Br)cc(N2CCN(Cc3ccc(OC)c(OC)c3)C(C(N)=O)C2)c1. The Kier molecular flexibility index (Phi) is 6.87. The summed E-state index contributed by atoms with van der Waals surface area (Å²) in [6.07, 6.45) is 0. The number of hydrogen-bond acceptors (Lipinski definition) is 6. The van der Waals surface area contributed by atoms with Crippen LogP contribution < -0.4 is 24.8 Å². The maximum absolute atomic E-state index is 12.2. The van der Waals surface area contributed by atoms with Gasteiger partial charge in [0.2, 0.25) is 5.91 Å². The van der Waals surface area contributed by atoms with Crippen molar-refractivity contribution in [3.8, 4) is 17.2 Å². The number of benzene rings is 2. The second-order valence-corrected chi connectivity index (χ2v) is 7.79. The van der Waals surface area contributed by atoms with E-state index in [0.29, 0.717) is 31.1 Å². The highest BCUT2D eigenvalue weighted by molar-refractivity contribution is 9.10. The average molecular weight is 464 g/mol. The van der Waals surface area contributed by atoms with Crippen molar-refractivity contribution in [2.45, 2.75) is 12.6 Å². The van der Waals surface area contributed by atoms with Crippen LogP contribution in [0.3, 0.4) is 0 Å². The van der Waals surface area contributed by atoms with E-state index < -0.39 is 6.04 Å². The number of rotatable bonds is 7. The normalized spacial score (nSPS) is 17.1. The quantitative estimate of drug-likeness (QED) is 0.679. The van der Waals surface area contributed by atoms with Crippen LogP contribution in [0, 0.1) is 0 Å². The third-order valence-corrected chi connectivity index (χ3v) is 5.57. The predicted molar refractivity (Wildman–Crippen MR) is 116 cm³/mol. The molecule has 3 rings (SSSR count). The van der Waals surface area contributed by atoms with Crippen LogP contribution in [0.5, 0.6) is 17.2 Å². The first-order valence-corrected chi connectivity index (χ1v) is 10.1. The highest BCUT2D eigenvalue weighted by atomic mass is 79.9. The zero-order chi connectivity index (χ0) is 21.0. The van der Waals surface area contributed by atoms with E-state index in [0.717, 1.165) is 28.0 Å². The van der Waals surface area contributed by atoms with E-state index in [1.807, 2.05) is 36.4 Å². The van der Waals surface area contributed by atoms with Crippen molar-refractivity contribution in [1.82, 2.24) is 4.90 Å². The highest BCUT2D eigenvalue weighted by Gasteiger charge is 2.31. The molecule has 1 saturated heterocycles. The third kappa shape index (κ3) is 4.94. The van der Waals surface area contributed by atoms with E-state index in [-0.39, 0.29) is 5.91 Å². The Hall–Kier alpha value is -2.45. The molecule has 1 fully saturated rings. The van der Waals surface area contributed by atoms with Crippen LogP contribution in [0.25, 0.3) is 0 Å². The Balaban J connectivity index is 1.78. The lowest BCUT2D eigenvalue weighted by molar-refractivity contribution is -0.123. The lowest BCUT2D eigenvalue weighted by Crippen LogP contribution is -2.57. The molecule has 1 aliphatic rings. The van der Waals surface area contributed by atoms with Gasteiger partial charge in [-0.2, -0.15) is 0 Å². The minimum Gasteiger partial charge on any atom is -0.497 e. The molecule has 29 heavy (non-hydrogen) atoms. The lowest BCUT2D eigenvalue weighted by Gasteiger charge is -2.41. The molecule has 0 aromatic heterocycles. The van der Waals surface area contributed by atoms with Gasteiger partial charge in [0.05, 0.1) is 21.3 Å². The van der Waals surface area contributed by atoms with Gasteiger partial charge in [-0.25, -0.2) is 0 Å². The van der Waals surface area contributed by atoms with E-state index in [9.17, 15) is 4.79 Å². The molecular weight excluding hydrogens is 438 g/mol. The van der Waals surface area contributed by atoms with Crippen LogP contribution in [0.4, 0.5) is 5.69 Å². The Morgan fingerprint density at radius 1 is 1.07 bits per heavy atom. The number of anilines is 1. The van der Waals surface area contributed by atoms with E-state index in [2.05, 4.69) is 25.7 Å². The van der Waals surface area contributed by atoms with Crippen LogP contribution in [0.1, 0.15) is 5.56 Å². The number of carbonyl (C=O) groups excluding carboxylic acids is 1. The number of amides is 1. The molecule has 1 unspecified atom stereocenters. The van der Waals surface area contributed by atoms with Crippen molar-refractivity contribution in [1.29, 1.82) is 0 Å². The first-order valence-electron chi connectivity index (χ1n) is 9.29. The summed E-state index contributed by atoms with van der Waals surface area (Å²) in [6, 6.07) is 11.3. The van der Waals surface area contributed by atoms with Gasteiger partial charge in [0.1, 0.15) is 11.8 Å². The Labute approximate surface area is 179 Å². The number of halogens is 1. The maximum Gasteiger partial charge on any atom is 0.236 e. The minimum atomic E-state index is -0.401. The van der Waals surface area contributed by atoms with Gasteiger partial charge in [0.25, 0.3) is 0 Å². The van der Waals surface area contributed by atoms with Crippen molar-refractivity contribution in [2.75, 3.05) is 45.9 Å². The zero-order valence-corrected chi connectivity index (χ0v) is 18.4. The first-order chi connectivity index (χ1) is 13.9. The van der Waals surface area contributed by atoms with E-state index in [1.54, 1.807) is 21.3 Å². The molecule has 2 N–H and O–H groups in total. The number of methoxy groups -OCH3 is 3. The van der Waals surface area contributed by atoms with Crippen molar-refractivity contribution in [2.24, 2.45) is 5.73 Å². The van der Waals surface area contributed by atoms with Gasteiger partial charge in [-0.15, -0.1) is 0 Å². The number of primary amides is 1. The summed E-state index contributed by atoms with van der Waals surface area (Å²) in [5.74, 6) is 1.77. The minimum absolute atomic E-state index is 0.336. The van der Waals surface area contributed by atoms with Gasteiger partial charge >= 0.3 is 0 Å². The number of carbonyl (C=O) groups is 1. The number of nitrogens with two attached hydrogens (primary N) is 1. The van der Waals surface area contributed by atoms with E-state index >= 15 is 0 Å². The summed E-state index contributed by atoms with van der Waals surface area (Å²) in [5.41, 5.74) is 7.78. The number of ether oxygens (including phenoxy) is 3. The van der Waals surface area contributed by atoms with Gasteiger partial charge in [-0.3, -0.25) is 9.69 Å². The predicted octanol–water partition coefficient (Wildman–Crippen LogP) is 2.65. The summed E-state index contributed by atoms with van der Waals surface area (Å²) >= 11 is 3.52. The van der Waals surface area contributed by atoms with Crippen molar-refractivity contribution >= 4 is 27.5 Å². The first kappa shape index (κ1) is 21.3. The van der Waals surface area contributed by atoms with Crippen LogP contribution in [-0.2, 0) is 11.3 Å². The lowest BCUT2D eigenvalue weighted by atomic mass is 10.1. The number of piperazine rings is 1. The summed E-state index contributed by atoms with van der Waals surface area (Å²) < 4.78 is 17.0. The highest BCUT2D eigenvalue weighted by Crippen LogP contribution is 2.31. The standard InChI is InChI=1S/C21H26BrN3O4/c1-27-17-10-15(22)9-16(11-17)24-6-7-25(18(13-24)21(23)26)12-14-4-5-19(28-2)20(8-14)29-3/h4-5,8-11,18H,6-7,12-13H2,1-3H3,(H2,23,26). The Morgan fingerprint density at radius 2 is 1.83 bits per heavy atom. The fourth-order valence-corrected chi connectivity index (χ4v) is 4.04. The van der Waals surface area contributed by atoms with Gasteiger partial charge in [-0.1, -0.05) is 22.0 Å². The molecule has 1 atom stereocenters. The Bertz CT molecular complexity index is 877. The second kappa shape index (κ2) is 9.37. The fraction of sp³-hybridized carbons (Fsp3) is 0.381. The van der Waals surface area contributed by atoms with Gasteiger partial charge in [0, 0.05) is 42.4 Å². The van der Waals surface area contributed by atoms with Crippen molar-refractivity contribution < 1.29 is 19.0 Å². The van der Waals surface area contributed by atoms with Crippen LogP contribution in [0.2, 0.25) is 0 Å². The van der Waals surface area contributed by atoms with E-state index in [1.165, 1.54) is 0 Å². The van der Waals surface area contributed by atoms with Crippen molar-refractivity contribution in [3.63, 3.8) is 0 Å². The molecule has 0 radical (unpaired) electrons. The largest absolute Gasteiger partial charge is 0.497 e. The number of nitrogens with zero attached hydrogens (tertiary/aromatic N) is 2. The zero-order valence-electron chi connectivity index (χ0n) is 16.9. The topological polar surface area (TPSA) is 77.3 Å². The van der Waals surface area contributed by atoms with Gasteiger partial charge in [0.15, 0.2) is 11.5 Å². The second-order valence-electron chi connectivity index (χ2n) is 6.87. The van der Waals surface area contributed by atoms with Crippen LogP contribution >= 0.6 is 15.9 Å². The fourth-order valence-electron chi connectivity index (χ4n) is 3.58. The molecule has 0 bridgehead atoms. The molecule has 0 spiro atoms. The van der Waals surface area contributed by atoms with Gasteiger partial charge in [-0.05, 0) is 29.8 Å². The molecule has 8 heteroatoms. The molecule has 7 nitrogen and oxygen atoms in total. The summed E-state index contributed by atoms with van der Waals surface area (Å²) in [7, 11) is 4.86. The van der Waals surface area contributed by atoms with Gasteiger partial charge < -0.3 is 24.8 Å². The molecular formula is C21H26BrN3O4. The van der Waals surface area contributed by atoms with E-state index in [4.69, 9.17) is 19.9 Å². The molecule has 2 aromatic carbocycles.